The van der Waals surface area contributed by atoms with Crippen molar-refractivity contribution in [2.75, 3.05) is 12.8 Å². The number of fused-ring (bicyclic) bond motifs is 1. The molecule has 5 nitrogen and oxygen atoms in total. The molecule has 12 heavy (non-hydrogen) atoms. The third-order valence-electron chi connectivity index (χ3n) is 1.63. The molecule has 2 rings (SSSR count). The predicted molar refractivity (Wildman–Crippen MR) is 42.8 cm³/mol. The molecule has 0 saturated carbocycles. The van der Waals surface area contributed by atoms with E-state index in [-0.39, 0.29) is 0 Å². The number of ether oxygens (including phenoxy) is 1. The highest BCUT2D eigenvalue weighted by atomic mass is 16.6. The first kappa shape index (κ1) is 6.90. The second-order valence-corrected chi connectivity index (χ2v) is 2.32. The number of hydrogen-bond acceptors (Lipinski definition) is 5. The van der Waals surface area contributed by atoms with Gasteiger partial charge in [-0.25, -0.2) is 4.63 Å². The summed E-state index contributed by atoms with van der Waals surface area (Å²) in [6.07, 6.45) is 0. The Balaban J connectivity index is 2.82. The molecule has 0 bridgehead atoms. The van der Waals surface area contributed by atoms with E-state index >= 15 is 0 Å². The second kappa shape index (κ2) is 2.37. The largest absolute Gasteiger partial charge is 0.494 e. The maximum Gasteiger partial charge on any atom is 0.179 e. The van der Waals surface area contributed by atoms with E-state index in [9.17, 15) is 0 Å². The third kappa shape index (κ3) is 0.795. The lowest BCUT2D eigenvalue weighted by atomic mass is 10.2. The lowest BCUT2D eigenvalue weighted by molar-refractivity contribution is 0.314. The third-order valence-corrected chi connectivity index (χ3v) is 1.63. The van der Waals surface area contributed by atoms with Crippen molar-refractivity contribution >= 4 is 16.7 Å². The normalized spacial score (nSPS) is 10.4. The van der Waals surface area contributed by atoms with E-state index in [0.717, 1.165) is 0 Å². The molecule has 2 N–H and O–H groups in total. The molecule has 0 saturated heterocycles. The summed E-state index contributed by atoms with van der Waals surface area (Å²) in [5.74, 6) is 0.612. The van der Waals surface area contributed by atoms with Crippen LogP contribution in [0.2, 0.25) is 0 Å². The van der Waals surface area contributed by atoms with Gasteiger partial charge in [0, 0.05) is 0 Å². The van der Waals surface area contributed by atoms with E-state index in [0.29, 0.717) is 22.5 Å². The molecule has 1 aromatic heterocycles. The Morgan fingerprint density at radius 2 is 2.08 bits per heavy atom. The van der Waals surface area contributed by atoms with Gasteiger partial charge in [-0.2, -0.15) is 0 Å². The van der Waals surface area contributed by atoms with Gasteiger partial charge in [-0.3, -0.25) is 0 Å². The maximum atomic E-state index is 5.61. The highest BCUT2D eigenvalue weighted by Crippen LogP contribution is 2.26. The van der Waals surface area contributed by atoms with Crippen molar-refractivity contribution in [1.82, 2.24) is 10.3 Å². The zero-order valence-electron chi connectivity index (χ0n) is 6.44. The van der Waals surface area contributed by atoms with Gasteiger partial charge >= 0.3 is 0 Å². The SMILES string of the molecule is COc1ccc(N)c2nonc12. The topological polar surface area (TPSA) is 74.2 Å². The van der Waals surface area contributed by atoms with Gasteiger partial charge in [0.15, 0.2) is 16.8 Å². The molecule has 1 heterocycles. The number of aromatic nitrogens is 2. The number of nitrogens with two attached hydrogens (primary N) is 1. The van der Waals surface area contributed by atoms with Crippen molar-refractivity contribution in [3.8, 4) is 5.75 Å². The quantitative estimate of drug-likeness (QED) is 0.633. The zero-order chi connectivity index (χ0) is 8.55. The smallest absolute Gasteiger partial charge is 0.179 e. The van der Waals surface area contributed by atoms with E-state index in [4.69, 9.17) is 10.5 Å². The van der Waals surface area contributed by atoms with Crippen LogP contribution >= 0.6 is 0 Å². The molecule has 0 aliphatic rings. The van der Waals surface area contributed by atoms with Crippen molar-refractivity contribution in [1.29, 1.82) is 0 Å². The monoisotopic (exact) mass is 165 g/mol. The summed E-state index contributed by atoms with van der Waals surface area (Å²) in [5, 5.41) is 7.29. The molecule has 0 aliphatic heterocycles. The molecule has 5 heteroatoms. The van der Waals surface area contributed by atoms with Crippen molar-refractivity contribution in [2.24, 2.45) is 0 Å². The van der Waals surface area contributed by atoms with Crippen molar-refractivity contribution < 1.29 is 9.37 Å². The zero-order valence-corrected chi connectivity index (χ0v) is 6.44. The Morgan fingerprint density at radius 3 is 2.83 bits per heavy atom. The fourth-order valence-electron chi connectivity index (χ4n) is 1.03. The minimum atomic E-state index is 0.534. The number of hydrogen-bond donors (Lipinski definition) is 1. The molecule has 0 fully saturated rings. The Kier molecular flexibility index (Phi) is 1.36. The number of nitrogens with zero attached hydrogens (tertiary/aromatic N) is 2. The lowest BCUT2D eigenvalue weighted by Crippen LogP contribution is -1.89. The Morgan fingerprint density at radius 1 is 1.33 bits per heavy atom. The minimum absolute atomic E-state index is 0.534. The second-order valence-electron chi connectivity index (χ2n) is 2.32. The van der Waals surface area contributed by atoms with Crippen LogP contribution in [0.5, 0.6) is 5.75 Å². The van der Waals surface area contributed by atoms with Gasteiger partial charge in [0.05, 0.1) is 12.8 Å². The fraction of sp³-hybridized carbons (Fsp3) is 0.143. The Hall–Kier alpha value is -1.78. The summed E-state index contributed by atoms with van der Waals surface area (Å²) in [6.45, 7) is 0. The summed E-state index contributed by atoms with van der Waals surface area (Å²) in [5.41, 5.74) is 7.23. The molecule has 0 spiro atoms. The summed E-state index contributed by atoms with van der Waals surface area (Å²) < 4.78 is 9.55. The first-order valence-corrected chi connectivity index (χ1v) is 3.37. The summed E-state index contributed by atoms with van der Waals surface area (Å²) in [7, 11) is 1.56. The highest BCUT2D eigenvalue weighted by molar-refractivity contribution is 5.90. The average Bonchev–Trinajstić information content (AvgIpc) is 2.54. The first-order chi connectivity index (χ1) is 5.83. The standard InChI is InChI=1S/C7H7N3O2/c1-11-5-3-2-4(8)6-7(5)10-12-9-6/h2-3H,8H2,1H3. The first-order valence-electron chi connectivity index (χ1n) is 3.37. The van der Waals surface area contributed by atoms with Crippen LogP contribution in [0.1, 0.15) is 0 Å². The van der Waals surface area contributed by atoms with Gasteiger partial charge in [-0.15, -0.1) is 0 Å². The van der Waals surface area contributed by atoms with Crippen LogP contribution < -0.4 is 10.5 Å². The van der Waals surface area contributed by atoms with Gasteiger partial charge in [0.2, 0.25) is 0 Å². The minimum Gasteiger partial charge on any atom is -0.494 e. The van der Waals surface area contributed by atoms with Gasteiger partial charge in [0.25, 0.3) is 0 Å². The van der Waals surface area contributed by atoms with Crippen molar-refractivity contribution in [2.45, 2.75) is 0 Å². The van der Waals surface area contributed by atoms with Gasteiger partial charge in [0.1, 0.15) is 0 Å². The molecule has 2 aromatic rings. The van der Waals surface area contributed by atoms with E-state index < -0.39 is 0 Å². The highest BCUT2D eigenvalue weighted by Gasteiger charge is 2.09. The summed E-state index contributed by atoms with van der Waals surface area (Å²) in [4.78, 5) is 0. The predicted octanol–water partition coefficient (Wildman–Crippen LogP) is 0.814. The fourth-order valence-corrected chi connectivity index (χ4v) is 1.03. The molecule has 1 aromatic carbocycles. The molecule has 0 aliphatic carbocycles. The van der Waals surface area contributed by atoms with Crippen LogP contribution in [0, 0.1) is 0 Å². The van der Waals surface area contributed by atoms with E-state index in [1.807, 2.05) is 0 Å². The van der Waals surface area contributed by atoms with Crippen molar-refractivity contribution in [3.05, 3.63) is 12.1 Å². The summed E-state index contributed by atoms with van der Waals surface area (Å²) >= 11 is 0. The van der Waals surface area contributed by atoms with Gasteiger partial charge in [-0.1, -0.05) is 0 Å². The number of anilines is 1. The molecule has 0 atom stereocenters. The van der Waals surface area contributed by atoms with Crippen LogP contribution in [0.15, 0.2) is 16.8 Å². The molecule has 0 amide bonds. The summed E-state index contributed by atoms with van der Waals surface area (Å²) in [6, 6.07) is 3.42. The lowest BCUT2D eigenvalue weighted by Gasteiger charge is -1.98. The number of nitrogen functional groups attached to an aromatic ring is 1. The molecule has 0 unspecified atom stereocenters. The number of methoxy groups -OCH3 is 1. The van der Waals surface area contributed by atoms with Gasteiger partial charge < -0.3 is 10.5 Å². The molecular formula is C7H7N3O2. The molecule has 0 radical (unpaired) electrons. The van der Waals surface area contributed by atoms with E-state index in [2.05, 4.69) is 14.9 Å². The number of benzene rings is 1. The van der Waals surface area contributed by atoms with Crippen LogP contribution in [0.3, 0.4) is 0 Å². The molecule has 62 valence electrons. The van der Waals surface area contributed by atoms with Crippen LogP contribution in [0.4, 0.5) is 5.69 Å². The van der Waals surface area contributed by atoms with E-state index in [1.165, 1.54) is 0 Å². The maximum absolute atomic E-state index is 5.61. The van der Waals surface area contributed by atoms with Crippen molar-refractivity contribution in [3.63, 3.8) is 0 Å². The average molecular weight is 165 g/mol. The molecular weight excluding hydrogens is 158 g/mol. The Labute approximate surface area is 68.1 Å². The van der Waals surface area contributed by atoms with Gasteiger partial charge in [-0.05, 0) is 22.4 Å². The van der Waals surface area contributed by atoms with Crippen LogP contribution in [0.25, 0.3) is 11.0 Å². The van der Waals surface area contributed by atoms with Crippen LogP contribution in [-0.2, 0) is 0 Å². The number of rotatable bonds is 1. The van der Waals surface area contributed by atoms with E-state index in [1.54, 1.807) is 19.2 Å². The van der Waals surface area contributed by atoms with Crippen LogP contribution in [-0.4, -0.2) is 17.4 Å². The Bertz CT molecular complexity index is 410.